The van der Waals surface area contributed by atoms with E-state index in [1.54, 1.807) is 13.0 Å². The largest absolute Gasteiger partial charge is 0.322 e. The van der Waals surface area contributed by atoms with E-state index in [0.717, 1.165) is 0 Å². The van der Waals surface area contributed by atoms with Crippen molar-refractivity contribution in [2.24, 2.45) is 0 Å². The molecule has 0 aliphatic heterocycles. The smallest absolute Gasteiger partial charge is 0.269 e. The predicted octanol–water partition coefficient (Wildman–Crippen LogP) is 3.27. The molecule has 0 fully saturated rings. The summed E-state index contributed by atoms with van der Waals surface area (Å²) in [7, 11) is 0. The molecule has 10 nitrogen and oxygen atoms in total. The molecule has 1 aromatic heterocycles. The van der Waals surface area contributed by atoms with Crippen LogP contribution in [0, 0.1) is 27.2 Å². The molecule has 3 rings (SSSR count). The van der Waals surface area contributed by atoms with E-state index in [0.29, 0.717) is 16.8 Å². The van der Waals surface area contributed by atoms with Crippen molar-refractivity contribution in [2.75, 3.05) is 5.32 Å². The Balaban J connectivity index is 1.83. The second kappa shape index (κ2) is 8.35. The normalized spacial score (nSPS) is 10.4. The van der Waals surface area contributed by atoms with Gasteiger partial charge in [0, 0.05) is 42.2 Å². The SMILES string of the molecule is Cc1cc([N+](=O)[O-])ccc1NC(=O)c1ccc(=O)n(Cc2cccc([N+](=O)[O-])c2)c1. The second-order valence-electron chi connectivity index (χ2n) is 6.52. The number of carbonyl (C=O) groups is 1. The molecule has 1 N–H and O–H groups in total. The number of carbonyl (C=O) groups excluding carboxylic acids is 1. The van der Waals surface area contributed by atoms with E-state index >= 15 is 0 Å². The number of nitrogens with zero attached hydrogens (tertiary/aromatic N) is 3. The number of benzene rings is 2. The lowest BCUT2D eigenvalue weighted by Crippen LogP contribution is -2.22. The number of rotatable bonds is 6. The number of aromatic nitrogens is 1. The maximum atomic E-state index is 12.6. The highest BCUT2D eigenvalue weighted by Crippen LogP contribution is 2.21. The number of nitro groups is 2. The van der Waals surface area contributed by atoms with Crippen molar-refractivity contribution in [1.29, 1.82) is 0 Å². The van der Waals surface area contributed by atoms with Crippen LogP contribution in [-0.4, -0.2) is 20.3 Å². The van der Waals surface area contributed by atoms with Crippen LogP contribution in [0.4, 0.5) is 17.1 Å². The maximum absolute atomic E-state index is 12.6. The van der Waals surface area contributed by atoms with Crippen molar-refractivity contribution >= 4 is 23.0 Å². The van der Waals surface area contributed by atoms with Crippen LogP contribution in [-0.2, 0) is 6.54 Å². The van der Waals surface area contributed by atoms with Gasteiger partial charge >= 0.3 is 0 Å². The molecular formula is C20H16N4O6. The van der Waals surface area contributed by atoms with Gasteiger partial charge in [-0.3, -0.25) is 29.8 Å². The van der Waals surface area contributed by atoms with Gasteiger partial charge in [-0.15, -0.1) is 0 Å². The summed E-state index contributed by atoms with van der Waals surface area (Å²) >= 11 is 0. The molecule has 0 aliphatic carbocycles. The summed E-state index contributed by atoms with van der Waals surface area (Å²) in [5.74, 6) is -0.500. The molecule has 30 heavy (non-hydrogen) atoms. The fourth-order valence-corrected chi connectivity index (χ4v) is 2.85. The molecule has 1 amide bonds. The van der Waals surface area contributed by atoms with Crippen LogP contribution < -0.4 is 10.9 Å². The highest BCUT2D eigenvalue weighted by molar-refractivity contribution is 6.04. The molecule has 0 saturated heterocycles. The number of pyridine rings is 1. The molecule has 0 unspecified atom stereocenters. The van der Waals surface area contributed by atoms with Gasteiger partial charge in [-0.1, -0.05) is 12.1 Å². The number of aryl methyl sites for hydroxylation is 1. The molecule has 0 aliphatic rings. The molecule has 0 spiro atoms. The quantitative estimate of drug-likeness (QED) is 0.491. The van der Waals surface area contributed by atoms with Crippen LogP contribution in [0.1, 0.15) is 21.5 Å². The van der Waals surface area contributed by atoms with Crippen molar-refractivity contribution in [2.45, 2.75) is 13.5 Å². The van der Waals surface area contributed by atoms with E-state index in [1.165, 1.54) is 59.3 Å². The molecule has 0 bridgehead atoms. The van der Waals surface area contributed by atoms with Gasteiger partial charge in [-0.05, 0) is 30.2 Å². The average molecular weight is 408 g/mol. The van der Waals surface area contributed by atoms with E-state index < -0.39 is 15.8 Å². The molecule has 3 aromatic rings. The maximum Gasteiger partial charge on any atom is 0.269 e. The minimum Gasteiger partial charge on any atom is -0.322 e. The van der Waals surface area contributed by atoms with Gasteiger partial charge in [0.25, 0.3) is 22.8 Å². The molecule has 0 saturated carbocycles. The Hall–Kier alpha value is -4.34. The van der Waals surface area contributed by atoms with Crippen LogP contribution in [0.2, 0.25) is 0 Å². The van der Waals surface area contributed by atoms with Crippen LogP contribution in [0.3, 0.4) is 0 Å². The summed E-state index contributed by atoms with van der Waals surface area (Å²) in [5.41, 5.74) is 1.10. The zero-order valence-corrected chi connectivity index (χ0v) is 15.8. The van der Waals surface area contributed by atoms with Crippen LogP contribution >= 0.6 is 0 Å². The third-order valence-electron chi connectivity index (χ3n) is 4.39. The van der Waals surface area contributed by atoms with E-state index in [1.807, 2.05) is 0 Å². The number of amides is 1. The molecule has 0 radical (unpaired) electrons. The number of nitrogens with one attached hydrogen (secondary N) is 1. The van der Waals surface area contributed by atoms with E-state index in [9.17, 15) is 29.8 Å². The highest BCUT2D eigenvalue weighted by atomic mass is 16.6. The third-order valence-corrected chi connectivity index (χ3v) is 4.39. The first kappa shape index (κ1) is 20.4. The van der Waals surface area contributed by atoms with Gasteiger partial charge in [0.05, 0.1) is 22.0 Å². The number of hydrogen-bond acceptors (Lipinski definition) is 6. The molecule has 2 aromatic carbocycles. The third kappa shape index (κ3) is 4.55. The topological polar surface area (TPSA) is 137 Å². The lowest BCUT2D eigenvalue weighted by molar-refractivity contribution is -0.385. The molecule has 0 atom stereocenters. The van der Waals surface area contributed by atoms with Crippen molar-refractivity contribution in [3.63, 3.8) is 0 Å². The van der Waals surface area contributed by atoms with Crippen molar-refractivity contribution in [1.82, 2.24) is 4.57 Å². The zero-order valence-electron chi connectivity index (χ0n) is 15.8. The zero-order chi connectivity index (χ0) is 21.8. The minimum absolute atomic E-state index is 0.0538. The van der Waals surface area contributed by atoms with Gasteiger partial charge in [0.15, 0.2) is 0 Å². The Bertz CT molecular complexity index is 1220. The standard InChI is InChI=1S/C20H16N4O6/c1-13-9-17(24(29)30)6-7-18(13)21-20(26)15-5-8-19(25)22(12-15)11-14-3-2-4-16(10-14)23(27)28/h2-10,12H,11H2,1H3,(H,21,26). The number of hydrogen-bond donors (Lipinski definition) is 1. The minimum atomic E-state index is -0.525. The first-order valence-corrected chi connectivity index (χ1v) is 8.75. The first-order chi connectivity index (χ1) is 14.2. The van der Waals surface area contributed by atoms with E-state index in [4.69, 9.17) is 0 Å². The number of non-ortho nitro benzene ring substituents is 2. The Morgan fingerprint density at radius 3 is 2.37 bits per heavy atom. The van der Waals surface area contributed by atoms with Gasteiger partial charge in [-0.2, -0.15) is 0 Å². The van der Waals surface area contributed by atoms with E-state index in [-0.39, 0.29) is 29.0 Å². The number of anilines is 1. The summed E-state index contributed by atoms with van der Waals surface area (Å²) in [6, 6.07) is 12.5. The molecule has 1 heterocycles. The summed E-state index contributed by atoms with van der Waals surface area (Å²) in [6.45, 7) is 1.68. The summed E-state index contributed by atoms with van der Waals surface area (Å²) in [4.78, 5) is 45.5. The fraction of sp³-hybridized carbons (Fsp3) is 0.100. The van der Waals surface area contributed by atoms with Gasteiger partial charge in [-0.25, -0.2) is 0 Å². The summed E-state index contributed by atoms with van der Waals surface area (Å²) in [5, 5.41) is 24.4. The van der Waals surface area contributed by atoms with Crippen LogP contribution in [0.5, 0.6) is 0 Å². The van der Waals surface area contributed by atoms with Crippen molar-refractivity contribution in [3.8, 4) is 0 Å². The second-order valence-corrected chi connectivity index (χ2v) is 6.52. The molecule has 152 valence electrons. The highest BCUT2D eigenvalue weighted by Gasteiger charge is 2.13. The Morgan fingerprint density at radius 2 is 1.70 bits per heavy atom. The fourth-order valence-electron chi connectivity index (χ4n) is 2.85. The molecular weight excluding hydrogens is 392 g/mol. The number of nitro benzene ring substituents is 2. The lowest BCUT2D eigenvalue weighted by Gasteiger charge is -2.11. The Morgan fingerprint density at radius 1 is 1.00 bits per heavy atom. The van der Waals surface area contributed by atoms with Crippen LogP contribution in [0.25, 0.3) is 0 Å². The molecule has 10 heteroatoms. The van der Waals surface area contributed by atoms with Crippen molar-refractivity contribution in [3.05, 3.63) is 108 Å². The van der Waals surface area contributed by atoms with Gasteiger partial charge in [0.2, 0.25) is 0 Å². The Labute approximate surface area is 169 Å². The average Bonchev–Trinajstić information content (AvgIpc) is 2.71. The summed E-state index contributed by atoms with van der Waals surface area (Å²) < 4.78 is 1.27. The van der Waals surface area contributed by atoms with Crippen LogP contribution in [0.15, 0.2) is 65.6 Å². The van der Waals surface area contributed by atoms with Gasteiger partial charge < -0.3 is 9.88 Å². The summed E-state index contributed by atoms with van der Waals surface area (Å²) in [6.07, 6.45) is 1.36. The van der Waals surface area contributed by atoms with Gasteiger partial charge in [0.1, 0.15) is 0 Å². The van der Waals surface area contributed by atoms with Crippen molar-refractivity contribution < 1.29 is 14.6 Å². The first-order valence-electron chi connectivity index (χ1n) is 8.75. The predicted molar refractivity (Wildman–Crippen MR) is 109 cm³/mol. The Kier molecular flexibility index (Phi) is 5.68. The monoisotopic (exact) mass is 408 g/mol. The lowest BCUT2D eigenvalue weighted by atomic mass is 10.1. The van der Waals surface area contributed by atoms with E-state index in [2.05, 4.69) is 5.32 Å².